The van der Waals surface area contributed by atoms with E-state index in [9.17, 15) is 0 Å². The van der Waals surface area contributed by atoms with Gasteiger partial charge < -0.3 is 0 Å². The van der Waals surface area contributed by atoms with Crippen LogP contribution in [0.5, 0.6) is 0 Å². The number of hydrogen-bond acceptors (Lipinski definition) is 0. The Morgan fingerprint density at radius 3 is 1.39 bits per heavy atom. The van der Waals surface area contributed by atoms with Crippen LogP contribution in [0.25, 0.3) is 0 Å². The third-order valence-corrected chi connectivity index (χ3v) is 9.91. The van der Waals surface area contributed by atoms with Gasteiger partial charge in [-0.15, -0.1) is 0 Å². The SMILES string of the molecule is [2H]C([2H])([2H])C([2H])([2H])CCCCCCC[P+](c1ccccc1)(c1ccccc1)c1ccccc1. The smallest absolute Gasteiger partial charge is 0.0654 e. The van der Waals surface area contributed by atoms with Crippen LogP contribution in [0.15, 0.2) is 91.0 Å². The fourth-order valence-corrected chi connectivity index (χ4v) is 8.38. The van der Waals surface area contributed by atoms with Gasteiger partial charge in [-0.2, -0.15) is 0 Å². The maximum atomic E-state index is 7.77. The van der Waals surface area contributed by atoms with Crippen LogP contribution in [-0.4, -0.2) is 6.16 Å². The minimum absolute atomic E-state index is 0.0957. The number of hydrogen-bond donors (Lipinski definition) is 0. The lowest BCUT2D eigenvalue weighted by atomic mass is 10.1. The Morgan fingerprint density at radius 2 is 0.964 bits per heavy atom. The zero-order valence-corrected chi connectivity index (χ0v) is 17.5. The van der Waals surface area contributed by atoms with Gasteiger partial charge in [0, 0.05) is 6.85 Å². The molecule has 0 bridgehead atoms. The third kappa shape index (κ3) is 5.12. The van der Waals surface area contributed by atoms with Crippen LogP contribution in [0.2, 0.25) is 0 Å². The van der Waals surface area contributed by atoms with Crippen molar-refractivity contribution in [3.63, 3.8) is 0 Å². The summed E-state index contributed by atoms with van der Waals surface area (Å²) >= 11 is 0. The van der Waals surface area contributed by atoms with E-state index in [4.69, 9.17) is 6.85 Å². The lowest BCUT2D eigenvalue weighted by Gasteiger charge is -2.27. The first-order chi connectivity index (χ1) is 15.8. The van der Waals surface area contributed by atoms with Gasteiger partial charge in [-0.05, 0) is 49.2 Å². The highest BCUT2D eigenvalue weighted by atomic mass is 31.2. The van der Waals surface area contributed by atoms with Crippen molar-refractivity contribution in [3.05, 3.63) is 91.0 Å². The summed E-state index contributed by atoms with van der Waals surface area (Å²) in [4.78, 5) is 0. The molecule has 0 aliphatic rings. The fourth-order valence-electron chi connectivity index (χ4n) is 3.97. The van der Waals surface area contributed by atoms with Crippen molar-refractivity contribution < 1.29 is 6.85 Å². The van der Waals surface area contributed by atoms with Gasteiger partial charge in [0.25, 0.3) is 0 Å². The molecular weight excluding hydrogens is 355 g/mol. The Balaban J connectivity index is 1.73. The molecule has 1 heteroatoms. The molecule has 0 unspecified atom stereocenters. The topological polar surface area (TPSA) is 0 Å². The Morgan fingerprint density at radius 1 is 0.571 bits per heavy atom. The van der Waals surface area contributed by atoms with E-state index < -0.39 is 20.5 Å². The van der Waals surface area contributed by atoms with E-state index >= 15 is 0 Å². The maximum absolute atomic E-state index is 7.77. The molecule has 0 atom stereocenters. The van der Waals surface area contributed by atoms with Gasteiger partial charge in [0.1, 0.15) is 23.2 Å². The number of unbranched alkanes of at least 4 members (excludes halogenated alkanes) is 4. The van der Waals surface area contributed by atoms with E-state index in [0.717, 1.165) is 31.8 Å². The second-order valence-corrected chi connectivity index (χ2v) is 10.9. The zero-order chi connectivity index (χ0) is 23.8. The Labute approximate surface area is 179 Å². The first kappa shape index (κ1) is 15.0. The van der Waals surface area contributed by atoms with Gasteiger partial charge in [0.15, 0.2) is 0 Å². The minimum atomic E-state index is -2.54. The summed E-state index contributed by atoms with van der Waals surface area (Å²) in [5.74, 6) is 0. The highest BCUT2D eigenvalue weighted by Gasteiger charge is 2.44. The van der Waals surface area contributed by atoms with Crippen LogP contribution in [-0.2, 0) is 0 Å². The molecule has 0 aromatic heterocycles. The molecule has 146 valence electrons. The molecule has 0 N–H and O–H groups in total. The Hall–Kier alpha value is -1.91. The lowest BCUT2D eigenvalue weighted by Crippen LogP contribution is -2.33. The molecule has 3 rings (SSSR count). The molecule has 3 aromatic rings. The van der Waals surface area contributed by atoms with Crippen LogP contribution in [0.4, 0.5) is 0 Å². The van der Waals surface area contributed by atoms with E-state index in [1.807, 2.05) is 0 Å². The monoisotopic (exact) mass is 394 g/mol. The molecule has 0 heterocycles. The van der Waals surface area contributed by atoms with Crippen LogP contribution < -0.4 is 15.9 Å². The van der Waals surface area contributed by atoms with Crippen LogP contribution in [0, 0.1) is 0 Å². The molecule has 3 aromatic carbocycles. The van der Waals surface area contributed by atoms with E-state index in [0.29, 0.717) is 6.42 Å². The van der Waals surface area contributed by atoms with E-state index in [1.54, 1.807) is 0 Å². The fraction of sp³-hybridized carbons (Fsp3) is 0.333. The van der Waals surface area contributed by atoms with E-state index in [-0.39, 0.29) is 6.42 Å². The molecule has 0 radical (unpaired) electrons. The molecule has 0 spiro atoms. The normalized spacial score (nSPS) is 15.1. The van der Waals surface area contributed by atoms with E-state index in [2.05, 4.69) is 91.0 Å². The first-order valence-corrected chi connectivity index (χ1v) is 12.3. The second kappa shape index (κ2) is 11.2. The molecule has 28 heavy (non-hydrogen) atoms. The quantitative estimate of drug-likeness (QED) is 0.250. The summed E-state index contributed by atoms with van der Waals surface area (Å²) in [5, 5.41) is 4.19. The Bertz CT molecular complexity index is 859. The highest BCUT2D eigenvalue weighted by Crippen LogP contribution is 2.55. The predicted octanol–water partition coefficient (Wildman–Crippen LogP) is 6.73. The van der Waals surface area contributed by atoms with Crippen molar-refractivity contribution in [1.29, 1.82) is 0 Å². The van der Waals surface area contributed by atoms with Gasteiger partial charge in [-0.3, -0.25) is 0 Å². The molecule has 0 aliphatic heterocycles. The predicted molar refractivity (Wildman–Crippen MR) is 128 cm³/mol. The summed E-state index contributed by atoms with van der Waals surface area (Å²) in [6.07, 6.45) is 3.70. The summed E-state index contributed by atoms with van der Waals surface area (Å²) < 4.78 is 37.6. The molecule has 0 fully saturated rings. The lowest BCUT2D eigenvalue weighted by molar-refractivity contribution is 0.603. The van der Waals surface area contributed by atoms with Crippen molar-refractivity contribution in [2.75, 3.05) is 6.16 Å². The summed E-state index contributed by atoms with van der Waals surface area (Å²) in [6.45, 7) is -2.54. The summed E-state index contributed by atoms with van der Waals surface area (Å²) in [6, 6.07) is 32.6. The molecule has 0 aliphatic carbocycles. The zero-order valence-electron chi connectivity index (χ0n) is 21.6. The van der Waals surface area contributed by atoms with Gasteiger partial charge in [-0.1, -0.05) is 93.5 Å². The van der Waals surface area contributed by atoms with Crippen molar-refractivity contribution in [3.8, 4) is 0 Å². The summed E-state index contributed by atoms with van der Waals surface area (Å²) in [7, 11) is -1.79. The second-order valence-electron chi connectivity index (χ2n) is 7.23. The van der Waals surface area contributed by atoms with Crippen molar-refractivity contribution in [2.24, 2.45) is 0 Å². The minimum Gasteiger partial charge on any atom is -0.0654 e. The summed E-state index contributed by atoms with van der Waals surface area (Å²) in [5.41, 5.74) is 0. The molecule has 0 amide bonds. The molecule has 0 saturated carbocycles. The van der Waals surface area contributed by atoms with Crippen LogP contribution >= 0.6 is 7.26 Å². The van der Waals surface area contributed by atoms with Gasteiger partial charge in [-0.25, -0.2) is 0 Å². The highest BCUT2D eigenvalue weighted by molar-refractivity contribution is 7.95. The average Bonchev–Trinajstić information content (AvgIpc) is 2.82. The van der Waals surface area contributed by atoms with E-state index in [1.165, 1.54) is 15.9 Å². The molecular formula is C27H34P+. The van der Waals surface area contributed by atoms with Crippen LogP contribution in [0.3, 0.4) is 0 Å². The Kier molecular flexibility index (Phi) is 5.99. The van der Waals surface area contributed by atoms with Crippen molar-refractivity contribution >= 4 is 23.2 Å². The maximum Gasteiger partial charge on any atom is 0.112 e. The van der Waals surface area contributed by atoms with Gasteiger partial charge in [0.05, 0.1) is 6.16 Å². The average molecular weight is 395 g/mol. The van der Waals surface area contributed by atoms with Crippen LogP contribution in [0.1, 0.15) is 58.6 Å². The molecule has 0 nitrogen and oxygen atoms in total. The standard InChI is InChI=1S/C27H34P/c1-2-3-4-5-6-7-17-24-28(25-18-11-8-12-19-25,26-20-13-9-14-21-26)27-22-15-10-16-23-27/h8-16,18-23H,2-7,17,24H2,1H3/q+1/i1D3,2D2. The van der Waals surface area contributed by atoms with Crippen molar-refractivity contribution in [1.82, 2.24) is 0 Å². The van der Waals surface area contributed by atoms with Gasteiger partial charge in [0.2, 0.25) is 0 Å². The number of rotatable bonds is 11. The first-order valence-electron chi connectivity index (χ1n) is 12.8. The largest absolute Gasteiger partial charge is 0.112 e. The van der Waals surface area contributed by atoms with Gasteiger partial charge >= 0.3 is 0 Å². The number of benzene rings is 3. The third-order valence-electron chi connectivity index (χ3n) is 5.39. The molecule has 0 saturated heterocycles. The van der Waals surface area contributed by atoms with Crippen molar-refractivity contribution in [2.45, 2.75) is 51.7 Å².